The van der Waals surface area contributed by atoms with Gasteiger partial charge >= 0.3 is 5.97 Å². The summed E-state index contributed by atoms with van der Waals surface area (Å²) >= 11 is 0. The highest BCUT2D eigenvalue weighted by molar-refractivity contribution is 5.84. The SMILES string of the molecule is O=C(O)c1cn(CC(=O)N2CCOCC2CO)nn1. The summed E-state index contributed by atoms with van der Waals surface area (Å²) in [6.45, 7) is 0.810. The lowest BCUT2D eigenvalue weighted by molar-refractivity contribution is -0.142. The number of aliphatic hydroxyl groups excluding tert-OH is 1. The van der Waals surface area contributed by atoms with Gasteiger partial charge in [-0.3, -0.25) is 4.79 Å². The zero-order valence-corrected chi connectivity index (χ0v) is 10.1. The standard InChI is InChI=1S/C10H14N4O5/c15-5-7-6-19-2-1-14(7)9(16)4-13-3-8(10(17)18)11-12-13/h3,7,15H,1-2,4-6H2,(H,17,18). The molecule has 0 bridgehead atoms. The van der Waals surface area contributed by atoms with E-state index in [1.165, 1.54) is 11.1 Å². The lowest BCUT2D eigenvalue weighted by atomic mass is 10.2. The molecule has 2 rings (SSSR count). The molecule has 1 aliphatic rings. The van der Waals surface area contributed by atoms with Gasteiger partial charge in [0.05, 0.1) is 32.1 Å². The molecule has 1 atom stereocenters. The lowest BCUT2D eigenvalue weighted by Crippen LogP contribution is -2.51. The fourth-order valence-corrected chi connectivity index (χ4v) is 1.84. The van der Waals surface area contributed by atoms with Crippen LogP contribution in [0.2, 0.25) is 0 Å². The molecule has 1 unspecified atom stereocenters. The molecule has 0 saturated carbocycles. The first-order valence-electron chi connectivity index (χ1n) is 5.73. The second-order valence-corrected chi connectivity index (χ2v) is 4.10. The van der Waals surface area contributed by atoms with Gasteiger partial charge in [0.1, 0.15) is 6.54 Å². The minimum absolute atomic E-state index is 0.114. The molecule has 0 radical (unpaired) electrons. The monoisotopic (exact) mass is 270 g/mol. The van der Waals surface area contributed by atoms with Crippen molar-refractivity contribution in [3.05, 3.63) is 11.9 Å². The number of amides is 1. The van der Waals surface area contributed by atoms with Crippen molar-refractivity contribution in [1.29, 1.82) is 0 Å². The second kappa shape index (κ2) is 5.76. The normalized spacial score (nSPS) is 19.4. The smallest absolute Gasteiger partial charge is 0.358 e. The van der Waals surface area contributed by atoms with Gasteiger partial charge in [-0.25, -0.2) is 9.48 Å². The van der Waals surface area contributed by atoms with E-state index in [-0.39, 0.29) is 30.8 Å². The Hall–Kier alpha value is -2.00. The van der Waals surface area contributed by atoms with Crippen LogP contribution in [0, 0.1) is 0 Å². The van der Waals surface area contributed by atoms with Crippen molar-refractivity contribution >= 4 is 11.9 Å². The zero-order valence-electron chi connectivity index (χ0n) is 10.1. The maximum atomic E-state index is 12.0. The number of morpholine rings is 1. The van der Waals surface area contributed by atoms with E-state index >= 15 is 0 Å². The summed E-state index contributed by atoms with van der Waals surface area (Å²) in [6.07, 6.45) is 1.19. The predicted molar refractivity (Wildman–Crippen MR) is 60.4 cm³/mol. The fourth-order valence-electron chi connectivity index (χ4n) is 1.84. The van der Waals surface area contributed by atoms with E-state index in [2.05, 4.69) is 10.3 Å². The summed E-state index contributed by atoms with van der Waals surface area (Å²) < 4.78 is 6.34. The van der Waals surface area contributed by atoms with Crippen LogP contribution >= 0.6 is 0 Å². The lowest BCUT2D eigenvalue weighted by Gasteiger charge is -2.34. The molecule has 9 nitrogen and oxygen atoms in total. The Kier molecular flexibility index (Phi) is 4.07. The van der Waals surface area contributed by atoms with Crippen molar-refractivity contribution in [3.8, 4) is 0 Å². The van der Waals surface area contributed by atoms with Crippen LogP contribution in [0.5, 0.6) is 0 Å². The molecule has 1 saturated heterocycles. The van der Waals surface area contributed by atoms with Crippen LogP contribution in [0.3, 0.4) is 0 Å². The number of aromatic carboxylic acids is 1. The van der Waals surface area contributed by atoms with Crippen molar-refractivity contribution in [2.45, 2.75) is 12.6 Å². The number of carboxylic acids is 1. The van der Waals surface area contributed by atoms with E-state index in [4.69, 9.17) is 14.9 Å². The largest absolute Gasteiger partial charge is 0.476 e. The van der Waals surface area contributed by atoms with Gasteiger partial charge in [-0.15, -0.1) is 5.10 Å². The molecule has 9 heteroatoms. The van der Waals surface area contributed by atoms with Gasteiger partial charge in [-0.05, 0) is 0 Å². The van der Waals surface area contributed by atoms with Crippen molar-refractivity contribution in [1.82, 2.24) is 19.9 Å². The molecular weight excluding hydrogens is 256 g/mol. The fraction of sp³-hybridized carbons (Fsp3) is 0.600. The van der Waals surface area contributed by atoms with E-state index < -0.39 is 5.97 Å². The number of carbonyl (C=O) groups is 2. The van der Waals surface area contributed by atoms with E-state index in [0.717, 1.165) is 4.68 Å². The van der Waals surface area contributed by atoms with Crippen LogP contribution in [-0.4, -0.2) is 74.4 Å². The molecule has 1 aliphatic heterocycles. The second-order valence-electron chi connectivity index (χ2n) is 4.10. The van der Waals surface area contributed by atoms with Crippen molar-refractivity contribution in [2.24, 2.45) is 0 Å². The Morgan fingerprint density at radius 2 is 2.32 bits per heavy atom. The molecule has 0 aliphatic carbocycles. The average Bonchev–Trinajstić information content (AvgIpc) is 2.87. The first-order chi connectivity index (χ1) is 9.11. The predicted octanol–water partition coefficient (Wildman–Crippen LogP) is -1.80. The summed E-state index contributed by atoms with van der Waals surface area (Å²) in [5.74, 6) is -1.46. The van der Waals surface area contributed by atoms with Gasteiger partial charge in [0, 0.05) is 6.54 Å². The number of aromatic nitrogens is 3. The van der Waals surface area contributed by atoms with Gasteiger partial charge in [-0.1, -0.05) is 5.21 Å². The number of carbonyl (C=O) groups excluding carboxylic acids is 1. The maximum absolute atomic E-state index is 12.0. The molecule has 1 aromatic heterocycles. The third kappa shape index (κ3) is 3.06. The summed E-state index contributed by atoms with van der Waals surface area (Å²) in [6, 6.07) is -0.372. The van der Waals surface area contributed by atoms with Gasteiger partial charge in [0.25, 0.3) is 0 Å². The van der Waals surface area contributed by atoms with E-state index in [1.54, 1.807) is 0 Å². The highest BCUT2D eigenvalue weighted by Gasteiger charge is 2.27. The van der Waals surface area contributed by atoms with Crippen LogP contribution in [-0.2, 0) is 16.1 Å². The van der Waals surface area contributed by atoms with Gasteiger partial charge in [0.2, 0.25) is 5.91 Å². The first-order valence-corrected chi connectivity index (χ1v) is 5.73. The van der Waals surface area contributed by atoms with Gasteiger partial charge in [0.15, 0.2) is 5.69 Å². The third-order valence-corrected chi connectivity index (χ3v) is 2.81. The quantitative estimate of drug-likeness (QED) is 0.662. The molecule has 104 valence electrons. The Bertz CT molecular complexity index is 474. The van der Waals surface area contributed by atoms with Crippen LogP contribution in [0.25, 0.3) is 0 Å². The Morgan fingerprint density at radius 1 is 1.53 bits per heavy atom. The summed E-state index contributed by atoms with van der Waals surface area (Å²) in [7, 11) is 0. The van der Waals surface area contributed by atoms with Crippen molar-refractivity contribution in [3.63, 3.8) is 0 Å². The van der Waals surface area contributed by atoms with E-state index in [0.29, 0.717) is 19.8 Å². The molecular formula is C10H14N4O5. The molecule has 1 fully saturated rings. The van der Waals surface area contributed by atoms with Crippen molar-refractivity contribution in [2.75, 3.05) is 26.4 Å². The Morgan fingerprint density at radius 3 is 2.95 bits per heavy atom. The van der Waals surface area contributed by atoms with Crippen LogP contribution in [0.15, 0.2) is 6.20 Å². The number of aliphatic hydroxyl groups is 1. The molecule has 1 amide bonds. The number of hydrogen-bond donors (Lipinski definition) is 2. The minimum atomic E-state index is -1.20. The van der Waals surface area contributed by atoms with Gasteiger partial charge in [-0.2, -0.15) is 0 Å². The highest BCUT2D eigenvalue weighted by Crippen LogP contribution is 2.07. The average molecular weight is 270 g/mol. The summed E-state index contributed by atoms with van der Waals surface area (Å²) in [5, 5.41) is 24.9. The van der Waals surface area contributed by atoms with Crippen LogP contribution in [0.4, 0.5) is 0 Å². The molecule has 2 heterocycles. The van der Waals surface area contributed by atoms with E-state index in [1.807, 2.05) is 0 Å². The molecule has 0 spiro atoms. The molecule has 2 N–H and O–H groups in total. The minimum Gasteiger partial charge on any atom is -0.476 e. The van der Waals surface area contributed by atoms with Gasteiger partial charge < -0.3 is 19.8 Å². The number of rotatable bonds is 4. The molecule has 0 aromatic carbocycles. The van der Waals surface area contributed by atoms with E-state index in [9.17, 15) is 9.59 Å². The third-order valence-electron chi connectivity index (χ3n) is 2.81. The first kappa shape index (κ1) is 13.4. The number of nitrogens with zero attached hydrogens (tertiary/aromatic N) is 4. The number of carboxylic acid groups (broad SMARTS) is 1. The van der Waals surface area contributed by atoms with Crippen LogP contribution < -0.4 is 0 Å². The Balaban J connectivity index is 2.00. The molecule has 19 heavy (non-hydrogen) atoms. The Labute approximate surface area is 108 Å². The number of hydrogen-bond acceptors (Lipinski definition) is 6. The number of ether oxygens (including phenoxy) is 1. The summed E-state index contributed by atoms with van der Waals surface area (Å²) in [5.41, 5.74) is -0.214. The van der Waals surface area contributed by atoms with Crippen molar-refractivity contribution < 1.29 is 24.5 Å². The summed E-state index contributed by atoms with van der Waals surface area (Å²) in [4.78, 5) is 24.2. The topological polar surface area (TPSA) is 118 Å². The molecule has 1 aromatic rings. The zero-order chi connectivity index (χ0) is 13.8. The highest BCUT2D eigenvalue weighted by atomic mass is 16.5. The van der Waals surface area contributed by atoms with Crippen LogP contribution in [0.1, 0.15) is 10.5 Å². The maximum Gasteiger partial charge on any atom is 0.358 e.